The second-order valence-electron chi connectivity index (χ2n) is 8.32. The number of urea groups is 1. The van der Waals surface area contributed by atoms with Crippen LogP contribution in [0.2, 0.25) is 0 Å². The van der Waals surface area contributed by atoms with Crippen molar-refractivity contribution in [2.75, 3.05) is 19.4 Å². The van der Waals surface area contributed by atoms with Gasteiger partial charge in [0.2, 0.25) is 0 Å². The number of benzene rings is 2. The Balaban J connectivity index is 1.62. The molecule has 3 N–H and O–H groups in total. The van der Waals surface area contributed by atoms with Gasteiger partial charge in [-0.15, -0.1) is 4.36 Å². The first-order valence-electron chi connectivity index (χ1n) is 10.2. The number of amides is 2. The minimum atomic E-state index is -3.57. The number of nitrogens with zero attached hydrogens (tertiary/aromatic N) is 2. The molecular formula is C22H27FN4O2S. The third kappa shape index (κ3) is 4.12. The van der Waals surface area contributed by atoms with Crippen LogP contribution >= 0.6 is 0 Å². The predicted octanol–water partition coefficient (Wildman–Crippen LogP) is 3.80. The maximum absolute atomic E-state index is 14.4. The van der Waals surface area contributed by atoms with Gasteiger partial charge in [-0.05, 0) is 87.0 Å². The van der Waals surface area contributed by atoms with Crippen LogP contribution in [0.1, 0.15) is 40.7 Å². The molecule has 1 atom stereocenters. The van der Waals surface area contributed by atoms with Gasteiger partial charge >= 0.3 is 6.03 Å². The standard InChI is InChI=1S/C22H27FN4O2S/c1-27(2)13-16-9-10-17(12-20(16)23)30(24,29)26-22(28)25-21-18-7-3-5-14(18)11-15-6-4-8-19(15)21/h9-12H,3-8,13H2,1-2H3,(H3,24,25,26,28,29)/t30-/m1/s1. The van der Waals surface area contributed by atoms with Crippen LogP contribution < -0.4 is 10.5 Å². The van der Waals surface area contributed by atoms with E-state index in [1.165, 1.54) is 23.3 Å². The van der Waals surface area contributed by atoms with Crippen LogP contribution in [-0.4, -0.2) is 29.2 Å². The summed E-state index contributed by atoms with van der Waals surface area (Å²) in [7, 11) is 0.0930. The minimum absolute atomic E-state index is 0.00109. The molecule has 160 valence electrons. The summed E-state index contributed by atoms with van der Waals surface area (Å²) in [4.78, 5) is 14.5. The highest BCUT2D eigenvalue weighted by Crippen LogP contribution is 2.38. The number of rotatable bonds is 4. The number of aryl methyl sites for hydroxylation is 2. The van der Waals surface area contributed by atoms with Crippen LogP contribution in [0.25, 0.3) is 0 Å². The lowest BCUT2D eigenvalue weighted by Crippen LogP contribution is -2.19. The third-order valence-electron chi connectivity index (χ3n) is 5.77. The molecule has 2 amide bonds. The molecule has 0 saturated heterocycles. The van der Waals surface area contributed by atoms with Crippen LogP contribution in [0, 0.1) is 5.82 Å². The summed E-state index contributed by atoms with van der Waals surface area (Å²) in [6.45, 7) is 0.403. The zero-order valence-electron chi connectivity index (χ0n) is 17.3. The highest BCUT2D eigenvalue weighted by molar-refractivity contribution is 7.91. The number of carbonyl (C=O) groups is 1. The Bertz CT molecular complexity index is 1100. The van der Waals surface area contributed by atoms with E-state index in [0.717, 1.165) is 61.4 Å². The van der Waals surface area contributed by atoms with Gasteiger partial charge in [0.25, 0.3) is 0 Å². The average molecular weight is 431 g/mol. The number of fused-ring (bicyclic) bond motifs is 2. The Labute approximate surface area is 177 Å². The number of hydrogen-bond donors (Lipinski definition) is 2. The smallest absolute Gasteiger partial charge is 0.305 e. The molecule has 4 rings (SSSR count). The first kappa shape index (κ1) is 21.0. The molecule has 8 heteroatoms. The van der Waals surface area contributed by atoms with Crippen LogP contribution in [0.3, 0.4) is 0 Å². The average Bonchev–Trinajstić information content (AvgIpc) is 3.31. The zero-order valence-corrected chi connectivity index (χ0v) is 18.2. The van der Waals surface area contributed by atoms with Crippen molar-refractivity contribution in [2.45, 2.75) is 50.0 Å². The first-order chi connectivity index (χ1) is 14.2. The summed E-state index contributed by atoms with van der Waals surface area (Å²) in [5, 5.41) is 8.72. The van der Waals surface area contributed by atoms with E-state index in [9.17, 15) is 13.4 Å². The van der Waals surface area contributed by atoms with Crippen LogP contribution in [0.4, 0.5) is 14.9 Å². The fourth-order valence-corrected chi connectivity index (χ4v) is 5.38. The molecule has 0 saturated carbocycles. The van der Waals surface area contributed by atoms with E-state index >= 15 is 0 Å². The highest BCUT2D eigenvalue weighted by Gasteiger charge is 2.25. The monoisotopic (exact) mass is 430 g/mol. The normalized spacial score (nSPS) is 16.8. The predicted molar refractivity (Wildman–Crippen MR) is 116 cm³/mol. The van der Waals surface area contributed by atoms with Crippen molar-refractivity contribution < 1.29 is 13.4 Å². The highest BCUT2D eigenvalue weighted by atomic mass is 32.2. The lowest BCUT2D eigenvalue weighted by Gasteiger charge is -2.15. The van der Waals surface area contributed by atoms with Gasteiger partial charge in [-0.25, -0.2) is 18.5 Å². The third-order valence-corrected chi connectivity index (χ3v) is 7.14. The number of anilines is 1. The summed E-state index contributed by atoms with van der Waals surface area (Å²) in [6, 6.07) is 5.62. The van der Waals surface area contributed by atoms with E-state index in [1.54, 1.807) is 0 Å². The Morgan fingerprint density at radius 2 is 1.77 bits per heavy atom. The number of hydrogen-bond acceptors (Lipinski definition) is 3. The van der Waals surface area contributed by atoms with E-state index < -0.39 is 21.8 Å². The Hall–Kier alpha value is -2.29. The Morgan fingerprint density at radius 3 is 2.33 bits per heavy atom. The molecular weight excluding hydrogens is 403 g/mol. The molecule has 0 aliphatic heterocycles. The van der Waals surface area contributed by atoms with Crippen LogP contribution in [0.5, 0.6) is 0 Å². The molecule has 2 aliphatic rings. The first-order valence-corrected chi connectivity index (χ1v) is 11.8. The van der Waals surface area contributed by atoms with Crippen molar-refractivity contribution in [3.05, 3.63) is 57.9 Å². The number of halogens is 1. The molecule has 6 nitrogen and oxygen atoms in total. The van der Waals surface area contributed by atoms with Crippen molar-refractivity contribution in [3.63, 3.8) is 0 Å². The van der Waals surface area contributed by atoms with Crippen molar-refractivity contribution >= 4 is 21.6 Å². The van der Waals surface area contributed by atoms with E-state index in [2.05, 4.69) is 15.7 Å². The topological polar surface area (TPSA) is 87.8 Å². The van der Waals surface area contributed by atoms with Crippen molar-refractivity contribution in [3.8, 4) is 0 Å². The fourth-order valence-electron chi connectivity index (χ4n) is 4.45. The van der Waals surface area contributed by atoms with Gasteiger partial charge in [0.05, 0.1) is 4.90 Å². The van der Waals surface area contributed by atoms with Gasteiger partial charge in [-0.1, -0.05) is 12.1 Å². The number of carbonyl (C=O) groups excluding carboxylic acids is 1. The van der Waals surface area contributed by atoms with Crippen LogP contribution in [0.15, 0.2) is 33.5 Å². The van der Waals surface area contributed by atoms with E-state index in [0.29, 0.717) is 12.1 Å². The lowest BCUT2D eigenvalue weighted by molar-refractivity contribution is 0.260. The lowest BCUT2D eigenvalue weighted by atomic mass is 9.99. The summed E-state index contributed by atoms with van der Waals surface area (Å²) in [5.41, 5.74) is 6.13. The summed E-state index contributed by atoms with van der Waals surface area (Å²) in [5.74, 6) is -0.520. The van der Waals surface area contributed by atoms with Gasteiger partial charge in [0.15, 0.2) is 0 Å². The molecule has 2 aromatic rings. The van der Waals surface area contributed by atoms with Gasteiger partial charge in [0.1, 0.15) is 15.7 Å². The van der Waals surface area contributed by atoms with Gasteiger partial charge in [-0.3, -0.25) is 0 Å². The second-order valence-corrected chi connectivity index (χ2v) is 10.1. The zero-order chi connectivity index (χ0) is 21.5. The van der Waals surface area contributed by atoms with Gasteiger partial charge in [-0.2, -0.15) is 0 Å². The van der Waals surface area contributed by atoms with E-state index in [-0.39, 0.29) is 4.90 Å². The van der Waals surface area contributed by atoms with Crippen LogP contribution in [-0.2, 0) is 42.1 Å². The minimum Gasteiger partial charge on any atom is -0.305 e. The quantitative estimate of drug-likeness (QED) is 0.773. The molecule has 2 aromatic carbocycles. The van der Waals surface area contributed by atoms with Crippen molar-refractivity contribution in [2.24, 2.45) is 9.50 Å². The summed E-state index contributed by atoms with van der Waals surface area (Å²) >= 11 is 0. The van der Waals surface area contributed by atoms with E-state index in [4.69, 9.17) is 5.14 Å². The Morgan fingerprint density at radius 1 is 1.13 bits per heavy atom. The molecule has 0 radical (unpaired) electrons. The second kappa shape index (κ2) is 8.09. The summed E-state index contributed by atoms with van der Waals surface area (Å²) < 4.78 is 31.0. The number of nitrogens with two attached hydrogens (primary N) is 1. The molecule has 0 bridgehead atoms. The molecule has 0 spiro atoms. The maximum Gasteiger partial charge on any atom is 0.354 e. The maximum atomic E-state index is 14.4. The largest absolute Gasteiger partial charge is 0.354 e. The fraction of sp³-hybridized carbons (Fsp3) is 0.409. The summed E-state index contributed by atoms with van der Waals surface area (Å²) in [6.07, 6.45) is 5.96. The molecule has 0 heterocycles. The SMILES string of the molecule is CN(C)Cc1ccc([S@](N)(=O)=NC(=O)Nc2c3c(cc4c2CCC4)CCC3)cc1F. The molecule has 0 fully saturated rings. The number of nitrogens with one attached hydrogen (secondary N) is 1. The van der Waals surface area contributed by atoms with Gasteiger partial charge < -0.3 is 10.2 Å². The molecule has 0 aromatic heterocycles. The van der Waals surface area contributed by atoms with Gasteiger partial charge in [0, 0.05) is 17.8 Å². The molecule has 0 unspecified atom stereocenters. The van der Waals surface area contributed by atoms with E-state index in [1.807, 2.05) is 19.0 Å². The van der Waals surface area contributed by atoms with Crippen molar-refractivity contribution in [1.29, 1.82) is 0 Å². The van der Waals surface area contributed by atoms with Crippen molar-refractivity contribution in [1.82, 2.24) is 4.90 Å². The molecule has 30 heavy (non-hydrogen) atoms. The Kier molecular flexibility index (Phi) is 5.65. The molecule has 2 aliphatic carbocycles.